The van der Waals surface area contributed by atoms with E-state index in [1.807, 2.05) is 16.3 Å². The molecule has 1 saturated heterocycles. The number of benzene rings is 1. The van der Waals surface area contributed by atoms with Crippen molar-refractivity contribution in [3.05, 3.63) is 52.2 Å². The van der Waals surface area contributed by atoms with Gasteiger partial charge in [-0.15, -0.1) is 11.3 Å². The molecule has 1 aliphatic heterocycles. The molecule has 29 heavy (non-hydrogen) atoms. The predicted molar refractivity (Wildman–Crippen MR) is 115 cm³/mol. The van der Waals surface area contributed by atoms with Crippen LogP contribution in [-0.4, -0.2) is 42.3 Å². The molecular formula is C22H27N3O3S. The van der Waals surface area contributed by atoms with E-state index in [1.165, 1.54) is 11.3 Å². The van der Waals surface area contributed by atoms with Gasteiger partial charge in [-0.25, -0.2) is 0 Å². The predicted octanol–water partition coefficient (Wildman–Crippen LogP) is 3.62. The Morgan fingerprint density at radius 3 is 2.48 bits per heavy atom. The zero-order valence-electron chi connectivity index (χ0n) is 16.8. The van der Waals surface area contributed by atoms with Gasteiger partial charge in [0.15, 0.2) is 0 Å². The number of rotatable bonds is 6. The first kappa shape index (κ1) is 21.0. The van der Waals surface area contributed by atoms with Gasteiger partial charge < -0.3 is 15.5 Å². The lowest BCUT2D eigenvalue weighted by Gasteiger charge is -2.35. The van der Waals surface area contributed by atoms with Gasteiger partial charge in [-0.2, -0.15) is 0 Å². The number of thiophene rings is 1. The first-order valence-electron chi connectivity index (χ1n) is 9.94. The Hall–Kier alpha value is -2.67. The summed E-state index contributed by atoms with van der Waals surface area (Å²) in [6.07, 6.45) is 1.26. The summed E-state index contributed by atoms with van der Waals surface area (Å²) in [7, 11) is 0. The van der Waals surface area contributed by atoms with Crippen LogP contribution in [0.3, 0.4) is 0 Å². The van der Waals surface area contributed by atoms with Crippen molar-refractivity contribution < 1.29 is 14.4 Å². The maximum absolute atomic E-state index is 13.0. The number of carbonyl (C=O) groups excluding carboxylic acids is 3. The van der Waals surface area contributed by atoms with E-state index in [9.17, 15) is 14.4 Å². The van der Waals surface area contributed by atoms with E-state index in [0.717, 1.165) is 19.5 Å². The highest BCUT2D eigenvalue weighted by molar-refractivity contribution is 7.12. The van der Waals surface area contributed by atoms with Crippen LogP contribution < -0.4 is 10.6 Å². The molecular weight excluding hydrogens is 386 g/mol. The van der Waals surface area contributed by atoms with Crippen molar-refractivity contribution in [2.45, 2.75) is 26.7 Å². The van der Waals surface area contributed by atoms with Crippen molar-refractivity contribution in [3.63, 3.8) is 0 Å². The summed E-state index contributed by atoms with van der Waals surface area (Å²) >= 11 is 1.36. The van der Waals surface area contributed by atoms with Crippen LogP contribution in [0.4, 0.5) is 5.69 Å². The van der Waals surface area contributed by atoms with Gasteiger partial charge in [0, 0.05) is 26.1 Å². The first-order chi connectivity index (χ1) is 13.9. The van der Waals surface area contributed by atoms with Crippen LogP contribution in [0.25, 0.3) is 0 Å². The molecule has 1 fully saturated rings. The van der Waals surface area contributed by atoms with E-state index in [4.69, 9.17) is 0 Å². The number of piperidine rings is 1. The molecule has 3 amide bonds. The van der Waals surface area contributed by atoms with Gasteiger partial charge in [0.05, 0.1) is 16.1 Å². The Bertz CT molecular complexity index is 856. The third-order valence-electron chi connectivity index (χ3n) is 4.97. The average Bonchev–Trinajstić information content (AvgIpc) is 3.22. The molecule has 2 unspecified atom stereocenters. The largest absolute Gasteiger partial charge is 0.351 e. The van der Waals surface area contributed by atoms with Crippen molar-refractivity contribution in [2.24, 2.45) is 11.8 Å². The lowest BCUT2D eigenvalue weighted by atomic mass is 9.91. The minimum absolute atomic E-state index is 0.0506. The molecule has 1 aliphatic rings. The van der Waals surface area contributed by atoms with Crippen molar-refractivity contribution in [3.8, 4) is 0 Å². The second kappa shape index (κ2) is 9.69. The third kappa shape index (κ3) is 5.67. The lowest BCUT2D eigenvalue weighted by Crippen LogP contribution is -2.42. The fourth-order valence-electron chi connectivity index (χ4n) is 3.77. The number of nitrogens with one attached hydrogen (secondary N) is 2. The van der Waals surface area contributed by atoms with Gasteiger partial charge in [-0.1, -0.05) is 32.0 Å². The highest BCUT2D eigenvalue weighted by atomic mass is 32.1. The molecule has 2 heterocycles. The smallest absolute Gasteiger partial charge is 0.261 e. The Kier molecular flexibility index (Phi) is 7.04. The number of hydrogen-bond acceptors (Lipinski definition) is 4. The molecule has 6 nitrogen and oxygen atoms in total. The number of hydrogen-bond donors (Lipinski definition) is 2. The van der Waals surface area contributed by atoms with Crippen LogP contribution in [-0.2, 0) is 4.79 Å². The summed E-state index contributed by atoms with van der Waals surface area (Å²) in [6.45, 7) is 6.03. The molecule has 2 atom stereocenters. The SMILES string of the molecule is CC1CC(C)CN(C(=O)c2ccccc2NC(=O)CCNC(=O)c2cccs2)C1. The van der Waals surface area contributed by atoms with Crippen LogP contribution in [0.5, 0.6) is 0 Å². The number of nitrogens with zero attached hydrogens (tertiary/aromatic N) is 1. The van der Waals surface area contributed by atoms with E-state index in [-0.39, 0.29) is 30.7 Å². The highest BCUT2D eigenvalue weighted by Gasteiger charge is 2.27. The Balaban J connectivity index is 1.57. The van der Waals surface area contributed by atoms with E-state index in [2.05, 4.69) is 24.5 Å². The van der Waals surface area contributed by atoms with Gasteiger partial charge in [0.1, 0.15) is 0 Å². The molecule has 3 rings (SSSR count). The van der Waals surface area contributed by atoms with Crippen LogP contribution in [0.2, 0.25) is 0 Å². The highest BCUT2D eigenvalue weighted by Crippen LogP contribution is 2.25. The van der Waals surface area contributed by atoms with Gasteiger partial charge in [-0.3, -0.25) is 14.4 Å². The molecule has 0 aliphatic carbocycles. The van der Waals surface area contributed by atoms with Crippen LogP contribution in [0, 0.1) is 11.8 Å². The zero-order chi connectivity index (χ0) is 20.8. The molecule has 154 valence electrons. The van der Waals surface area contributed by atoms with E-state index >= 15 is 0 Å². The van der Waals surface area contributed by atoms with Gasteiger partial charge in [-0.05, 0) is 41.8 Å². The second-order valence-corrected chi connectivity index (χ2v) is 8.68. The normalized spacial score (nSPS) is 18.9. The summed E-state index contributed by atoms with van der Waals surface area (Å²) in [5.41, 5.74) is 1.02. The topological polar surface area (TPSA) is 78.5 Å². The monoisotopic (exact) mass is 413 g/mol. The standard InChI is InChI=1S/C22H27N3O3S/c1-15-12-16(2)14-25(13-15)22(28)17-6-3-4-7-18(17)24-20(26)9-10-23-21(27)19-8-5-11-29-19/h3-8,11,15-16H,9-10,12-14H2,1-2H3,(H,23,27)(H,24,26). The fourth-order valence-corrected chi connectivity index (χ4v) is 4.41. The minimum Gasteiger partial charge on any atom is -0.351 e. The second-order valence-electron chi connectivity index (χ2n) is 7.73. The van der Waals surface area contributed by atoms with Crippen molar-refractivity contribution in [1.82, 2.24) is 10.2 Å². The number of anilines is 1. The van der Waals surface area contributed by atoms with Crippen LogP contribution in [0.1, 0.15) is 46.7 Å². The molecule has 1 aromatic carbocycles. The van der Waals surface area contributed by atoms with E-state index in [1.54, 1.807) is 30.3 Å². The van der Waals surface area contributed by atoms with E-state index < -0.39 is 0 Å². The molecule has 0 spiro atoms. The summed E-state index contributed by atoms with van der Waals surface area (Å²) in [6, 6.07) is 10.6. The molecule has 2 aromatic rings. The molecule has 7 heteroatoms. The summed E-state index contributed by atoms with van der Waals surface area (Å²) in [4.78, 5) is 39.8. The Morgan fingerprint density at radius 2 is 1.79 bits per heavy atom. The molecule has 0 radical (unpaired) electrons. The quantitative estimate of drug-likeness (QED) is 0.759. The first-order valence-corrected chi connectivity index (χ1v) is 10.8. The number of likely N-dealkylation sites (tertiary alicyclic amines) is 1. The zero-order valence-corrected chi connectivity index (χ0v) is 17.6. The molecule has 0 bridgehead atoms. The molecule has 1 aromatic heterocycles. The number of para-hydroxylation sites is 1. The Morgan fingerprint density at radius 1 is 1.07 bits per heavy atom. The van der Waals surface area contributed by atoms with Crippen LogP contribution in [0.15, 0.2) is 41.8 Å². The van der Waals surface area contributed by atoms with Gasteiger partial charge in [0.2, 0.25) is 5.91 Å². The Labute approximate surface area is 175 Å². The van der Waals surface area contributed by atoms with Crippen molar-refractivity contribution >= 4 is 34.7 Å². The maximum atomic E-state index is 13.0. The third-order valence-corrected chi connectivity index (χ3v) is 5.84. The summed E-state index contributed by atoms with van der Waals surface area (Å²) in [5, 5.41) is 7.40. The summed E-state index contributed by atoms with van der Waals surface area (Å²) < 4.78 is 0. The van der Waals surface area contributed by atoms with Crippen molar-refractivity contribution in [2.75, 3.05) is 25.0 Å². The number of carbonyl (C=O) groups is 3. The average molecular weight is 414 g/mol. The maximum Gasteiger partial charge on any atom is 0.261 e. The van der Waals surface area contributed by atoms with Crippen LogP contribution >= 0.6 is 11.3 Å². The van der Waals surface area contributed by atoms with Gasteiger partial charge >= 0.3 is 0 Å². The van der Waals surface area contributed by atoms with E-state index in [0.29, 0.717) is 28.0 Å². The summed E-state index contributed by atoms with van der Waals surface area (Å²) in [5.74, 6) is 0.465. The molecule has 0 saturated carbocycles. The number of amides is 3. The fraction of sp³-hybridized carbons (Fsp3) is 0.409. The minimum atomic E-state index is -0.239. The van der Waals surface area contributed by atoms with Crippen molar-refractivity contribution in [1.29, 1.82) is 0 Å². The molecule has 2 N–H and O–H groups in total. The lowest BCUT2D eigenvalue weighted by molar-refractivity contribution is -0.116. The van der Waals surface area contributed by atoms with Gasteiger partial charge in [0.25, 0.3) is 11.8 Å².